The zero-order chi connectivity index (χ0) is 21.3. The molecule has 2 aromatic rings. The van der Waals surface area contributed by atoms with Crippen LogP contribution in [0.25, 0.3) is 0 Å². The van der Waals surface area contributed by atoms with Gasteiger partial charge in [-0.15, -0.1) is 0 Å². The largest absolute Gasteiger partial charge is 0.493 e. The molecule has 160 valence electrons. The highest BCUT2D eigenvalue weighted by Gasteiger charge is 2.22. The molecule has 1 amide bonds. The van der Waals surface area contributed by atoms with Crippen LogP contribution >= 0.6 is 0 Å². The lowest BCUT2D eigenvalue weighted by atomic mass is 10.1. The number of guanidine groups is 1. The molecular weight excluding hydrogens is 380 g/mol. The number of aliphatic imine (C=N–C) groups is 1. The molecule has 3 N–H and O–H groups in total. The molecule has 0 radical (unpaired) electrons. The Bertz CT molecular complexity index is 877. The number of ether oxygens (including phenoxy) is 2. The summed E-state index contributed by atoms with van der Waals surface area (Å²) in [5.74, 6) is 2.37. The summed E-state index contributed by atoms with van der Waals surface area (Å²) >= 11 is 0. The SMILES string of the molecule is CN=C(NCc1ccc(NC(=O)OC)cc1)NCc1ccc(C)cc1OCC1CC1. The smallest absolute Gasteiger partial charge is 0.411 e. The molecule has 0 unspecified atom stereocenters. The number of nitrogens with zero attached hydrogens (tertiary/aromatic N) is 1. The third kappa shape index (κ3) is 6.69. The lowest BCUT2D eigenvalue weighted by Gasteiger charge is -2.15. The summed E-state index contributed by atoms with van der Waals surface area (Å²) in [5.41, 5.74) is 4.06. The van der Waals surface area contributed by atoms with Crippen LogP contribution in [0.2, 0.25) is 0 Å². The fourth-order valence-electron chi connectivity index (χ4n) is 2.89. The maximum atomic E-state index is 11.3. The van der Waals surface area contributed by atoms with Crippen LogP contribution in [0.3, 0.4) is 0 Å². The van der Waals surface area contributed by atoms with Crippen LogP contribution < -0.4 is 20.7 Å². The predicted molar refractivity (Wildman–Crippen MR) is 119 cm³/mol. The summed E-state index contributed by atoms with van der Waals surface area (Å²) in [6.07, 6.45) is 2.06. The lowest BCUT2D eigenvalue weighted by Crippen LogP contribution is -2.36. The van der Waals surface area contributed by atoms with Crippen molar-refractivity contribution in [2.75, 3.05) is 26.1 Å². The molecule has 1 aliphatic carbocycles. The summed E-state index contributed by atoms with van der Waals surface area (Å²) in [4.78, 5) is 15.5. The van der Waals surface area contributed by atoms with Gasteiger partial charge in [-0.3, -0.25) is 10.3 Å². The van der Waals surface area contributed by atoms with E-state index in [0.717, 1.165) is 29.4 Å². The van der Waals surface area contributed by atoms with E-state index < -0.39 is 6.09 Å². The number of rotatable bonds is 8. The third-order valence-corrected chi connectivity index (χ3v) is 4.91. The molecule has 0 atom stereocenters. The summed E-state index contributed by atoms with van der Waals surface area (Å²) in [6, 6.07) is 13.8. The first-order valence-electron chi connectivity index (χ1n) is 10.2. The van der Waals surface area contributed by atoms with Gasteiger partial charge < -0.3 is 20.1 Å². The molecule has 7 nitrogen and oxygen atoms in total. The zero-order valence-electron chi connectivity index (χ0n) is 17.8. The minimum absolute atomic E-state index is 0.484. The van der Waals surface area contributed by atoms with Crippen molar-refractivity contribution < 1.29 is 14.3 Å². The highest BCUT2D eigenvalue weighted by Crippen LogP contribution is 2.30. The summed E-state index contributed by atoms with van der Waals surface area (Å²) in [7, 11) is 3.09. The molecule has 0 spiro atoms. The van der Waals surface area contributed by atoms with E-state index in [0.29, 0.717) is 24.7 Å². The Morgan fingerprint density at radius 1 is 1.10 bits per heavy atom. The van der Waals surface area contributed by atoms with Crippen molar-refractivity contribution in [2.24, 2.45) is 10.9 Å². The second kappa shape index (κ2) is 10.5. The van der Waals surface area contributed by atoms with Gasteiger partial charge in [-0.05, 0) is 55.0 Å². The first kappa shape index (κ1) is 21.5. The number of carbonyl (C=O) groups excluding carboxylic acids is 1. The zero-order valence-corrected chi connectivity index (χ0v) is 17.8. The van der Waals surface area contributed by atoms with Gasteiger partial charge in [-0.2, -0.15) is 0 Å². The molecular formula is C23H30N4O3. The molecule has 0 heterocycles. The number of nitrogens with one attached hydrogen (secondary N) is 3. The average molecular weight is 411 g/mol. The molecule has 7 heteroatoms. The van der Waals surface area contributed by atoms with Crippen molar-refractivity contribution in [1.82, 2.24) is 10.6 Å². The normalized spacial score (nSPS) is 13.5. The van der Waals surface area contributed by atoms with Gasteiger partial charge in [-0.1, -0.05) is 24.3 Å². The second-order valence-electron chi connectivity index (χ2n) is 7.46. The van der Waals surface area contributed by atoms with Crippen LogP contribution in [0.5, 0.6) is 5.75 Å². The Morgan fingerprint density at radius 2 is 1.83 bits per heavy atom. The van der Waals surface area contributed by atoms with Crippen molar-refractivity contribution in [3.63, 3.8) is 0 Å². The second-order valence-corrected chi connectivity index (χ2v) is 7.46. The van der Waals surface area contributed by atoms with Gasteiger partial charge in [0, 0.05) is 31.4 Å². The van der Waals surface area contributed by atoms with Crippen LogP contribution in [0.15, 0.2) is 47.5 Å². The number of anilines is 1. The Balaban J connectivity index is 1.50. The Morgan fingerprint density at radius 3 is 2.50 bits per heavy atom. The van der Waals surface area contributed by atoms with Gasteiger partial charge in [0.2, 0.25) is 0 Å². The lowest BCUT2D eigenvalue weighted by molar-refractivity contribution is 0.187. The van der Waals surface area contributed by atoms with E-state index in [1.807, 2.05) is 24.3 Å². The number of methoxy groups -OCH3 is 1. The number of carbonyl (C=O) groups is 1. The van der Waals surface area contributed by atoms with Gasteiger partial charge in [0.05, 0.1) is 13.7 Å². The van der Waals surface area contributed by atoms with Crippen molar-refractivity contribution in [3.05, 3.63) is 59.2 Å². The topological polar surface area (TPSA) is 84.0 Å². The predicted octanol–water partition coefficient (Wildman–Crippen LogP) is 3.83. The van der Waals surface area contributed by atoms with Crippen molar-refractivity contribution in [3.8, 4) is 5.75 Å². The van der Waals surface area contributed by atoms with E-state index in [9.17, 15) is 4.79 Å². The summed E-state index contributed by atoms with van der Waals surface area (Å²) < 4.78 is 10.6. The first-order valence-corrected chi connectivity index (χ1v) is 10.2. The average Bonchev–Trinajstić information content (AvgIpc) is 3.59. The molecule has 0 aromatic heterocycles. The van der Waals surface area contributed by atoms with Gasteiger partial charge in [0.25, 0.3) is 0 Å². The molecule has 0 bridgehead atoms. The fraction of sp³-hybridized carbons (Fsp3) is 0.391. The molecule has 1 aliphatic rings. The van der Waals surface area contributed by atoms with E-state index in [-0.39, 0.29) is 0 Å². The van der Waals surface area contributed by atoms with E-state index in [4.69, 9.17) is 4.74 Å². The number of hydrogen-bond acceptors (Lipinski definition) is 4. The van der Waals surface area contributed by atoms with Gasteiger partial charge in [0.1, 0.15) is 5.75 Å². The van der Waals surface area contributed by atoms with Crippen LogP contribution in [-0.4, -0.2) is 32.8 Å². The standard InChI is InChI=1S/C23H30N4O3/c1-16-4-9-19(21(12-16)30-15-18-5-6-18)14-26-22(24-2)25-13-17-7-10-20(11-8-17)27-23(28)29-3/h4,7-12,18H,5-6,13-15H2,1-3H3,(H,27,28)(H2,24,25,26). The van der Waals surface area contributed by atoms with Crippen LogP contribution in [0, 0.1) is 12.8 Å². The van der Waals surface area contributed by atoms with Crippen molar-refractivity contribution >= 4 is 17.7 Å². The monoisotopic (exact) mass is 410 g/mol. The Labute approximate surface area is 177 Å². The van der Waals surface area contributed by atoms with Crippen molar-refractivity contribution in [2.45, 2.75) is 32.9 Å². The number of hydrogen-bond donors (Lipinski definition) is 3. The number of aryl methyl sites for hydroxylation is 1. The van der Waals surface area contributed by atoms with Gasteiger partial charge in [-0.25, -0.2) is 4.79 Å². The first-order chi connectivity index (χ1) is 14.6. The summed E-state index contributed by atoms with van der Waals surface area (Å²) in [6.45, 7) is 4.11. The molecule has 0 saturated heterocycles. The number of benzene rings is 2. The van der Waals surface area contributed by atoms with Crippen molar-refractivity contribution in [1.29, 1.82) is 0 Å². The van der Waals surface area contributed by atoms with E-state index in [2.05, 4.69) is 50.8 Å². The Kier molecular flexibility index (Phi) is 7.54. The highest BCUT2D eigenvalue weighted by atomic mass is 16.5. The minimum Gasteiger partial charge on any atom is -0.493 e. The van der Waals surface area contributed by atoms with Crippen LogP contribution in [0.1, 0.15) is 29.5 Å². The summed E-state index contributed by atoms with van der Waals surface area (Å²) in [5, 5.41) is 9.29. The molecule has 30 heavy (non-hydrogen) atoms. The molecule has 1 saturated carbocycles. The number of amides is 1. The molecule has 0 aliphatic heterocycles. The van der Waals surface area contributed by atoms with E-state index in [1.54, 1.807) is 7.05 Å². The van der Waals surface area contributed by atoms with Gasteiger partial charge in [0.15, 0.2) is 5.96 Å². The fourth-order valence-corrected chi connectivity index (χ4v) is 2.89. The van der Waals surface area contributed by atoms with Crippen LogP contribution in [-0.2, 0) is 17.8 Å². The highest BCUT2D eigenvalue weighted by molar-refractivity contribution is 5.84. The molecule has 3 rings (SSSR count). The maximum Gasteiger partial charge on any atom is 0.411 e. The minimum atomic E-state index is -0.484. The maximum absolute atomic E-state index is 11.3. The van der Waals surface area contributed by atoms with Gasteiger partial charge >= 0.3 is 6.09 Å². The molecule has 2 aromatic carbocycles. The van der Waals surface area contributed by atoms with E-state index in [1.165, 1.54) is 25.5 Å². The third-order valence-electron chi connectivity index (χ3n) is 4.91. The Hall–Kier alpha value is -3.22. The van der Waals surface area contributed by atoms with E-state index >= 15 is 0 Å². The molecule has 1 fully saturated rings. The van der Waals surface area contributed by atoms with Crippen LogP contribution in [0.4, 0.5) is 10.5 Å². The quantitative estimate of drug-likeness (QED) is 0.455.